The zero-order valence-electron chi connectivity index (χ0n) is 13.4. The van der Waals surface area contributed by atoms with Crippen LogP contribution in [0.5, 0.6) is 0 Å². The van der Waals surface area contributed by atoms with Gasteiger partial charge in [0, 0.05) is 32.3 Å². The molecule has 3 rings (SSSR count). The minimum atomic E-state index is -0.500. The number of benzene rings is 2. The fraction of sp³-hybridized carbons (Fsp3) is 0.0625. The number of carbonyl (C=O) groups excluding carboxylic acids is 1. The van der Waals surface area contributed by atoms with Crippen molar-refractivity contribution >= 4 is 60.9 Å². The Bertz CT molecular complexity index is 1010. The number of nitrogens with zero attached hydrogens (tertiary/aromatic N) is 3. The first-order chi connectivity index (χ1) is 12.9. The first kappa shape index (κ1) is 19.5. The zero-order chi connectivity index (χ0) is 19.4. The first-order valence-corrected chi connectivity index (χ1v) is 9.95. The third-order valence-electron chi connectivity index (χ3n) is 3.24. The molecule has 3 aromatic rings. The number of rotatable bonds is 6. The maximum Gasteiger partial charge on any atom is 0.277 e. The van der Waals surface area contributed by atoms with Crippen molar-refractivity contribution in [1.82, 2.24) is 10.2 Å². The molecule has 1 heterocycles. The molecule has 138 valence electrons. The number of nitrogens with one attached hydrogen (secondary N) is 1. The number of nitro groups is 1. The Morgan fingerprint density at radius 3 is 2.74 bits per heavy atom. The van der Waals surface area contributed by atoms with Gasteiger partial charge in [0.25, 0.3) is 10.9 Å². The van der Waals surface area contributed by atoms with E-state index in [-0.39, 0.29) is 28.5 Å². The second kappa shape index (κ2) is 8.63. The van der Waals surface area contributed by atoms with Crippen molar-refractivity contribution in [2.75, 3.05) is 11.1 Å². The highest BCUT2D eigenvalue weighted by molar-refractivity contribution is 9.13. The van der Waals surface area contributed by atoms with E-state index in [1.165, 1.54) is 18.2 Å². The number of non-ortho nitro benzene ring substituents is 1. The minimum absolute atomic E-state index is 0.0695. The van der Waals surface area contributed by atoms with E-state index in [1.54, 1.807) is 18.2 Å². The molecule has 8 nitrogen and oxygen atoms in total. The second-order valence-corrected chi connectivity index (χ2v) is 7.78. The Kier molecular flexibility index (Phi) is 6.24. The molecule has 1 amide bonds. The lowest BCUT2D eigenvalue weighted by molar-refractivity contribution is -0.384. The summed E-state index contributed by atoms with van der Waals surface area (Å²) in [7, 11) is 0. The first-order valence-electron chi connectivity index (χ1n) is 7.38. The van der Waals surface area contributed by atoms with E-state index in [2.05, 4.69) is 47.4 Å². The van der Waals surface area contributed by atoms with Crippen LogP contribution in [0.1, 0.15) is 0 Å². The number of amides is 1. The highest BCUT2D eigenvalue weighted by Gasteiger charge is 2.14. The summed E-state index contributed by atoms with van der Waals surface area (Å²) in [6.07, 6.45) is 0. The van der Waals surface area contributed by atoms with Crippen molar-refractivity contribution in [2.24, 2.45) is 0 Å². The molecule has 0 spiro atoms. The van der Waals surface area contributed by atoms with Crippen LogP contribution in [-0.4, -0.2) is 26.8 Å². The third-order valence-corrected chi connectivity index (χ3v) is 5.94. The Hall–Kier alpha value is -2.24. The van der Waals surface area contributed by atoms with Crippen LogP contribution < -0.4 is 5.32 Å². The molecule has 2 aromatic carbocycles. The monoisotopic (exact) mass is 512 g/mol. The smallest absolute Gasteiger partial charge is 0.277 e. The van der Waals surface area contributed by atoms with Crippen molar-refractivity contribution in [3.63, 3.8) is 0 Å². The summed E-state index contributed by atoms with van der Waals surface area (Å²) < 4.78 is 7.17. The Morgan fingerprint density at radius 2 is 2.00 bits per heavy atom. The van der Waals surface area contributed by atoms with Crippen molar-refractivity contribution in [1.29, 1.82) is 0 Å². The Morgan fingerprint density at radius 1 is 1.19 bits per heavy atom. The summed E-state index contributed by atoms with van der Waals surface area (Å²) in [5.74, 6) is -0.00710. The van der Waals surface area contributed by atoms with Gasteiger partial charge in [-0.2, -0.15) is 0 Å². The van der Waals surface area contributed by atoms with Crippen LogP contribution in [0, 0.1) is 10.1 Å². The summed E-state index contributed by atoms with van der Waals surface area (Å²) in [4.78, 5) is 22.4. The number of halogens is 2. The van der Waals surface area contributed by atoms with Gasteiger partial charge in [-0.1, -0.05) is 17.8 Å². The van der Waals surface area contributed by atoms with Gasteiger partial charge in [-0.25, -0.2) is 0 Å². The van der Waals surface area contributed by atoms with E-state index >= 15 is 0 Å². The van der Waals surface area contributed by atoms with Crippen LogP contribution >= 0.6 is 43.6 Å². The number of hydrogen-bond donors (Lipinski definition) is 1. The lowest BCUT2D eigenvalue weighted by Gasteiger charge is -2.05. The number of nitro benzene ring substituents is 1. The average molecular weight is 514 g/mol. The molecule has 0 aliphatic rings. The number of carbonyl (C=O) groups is 1. The van der Waals surface area contributed by atoms with Crippen molar-refractivity contribution in [2.45, 2.75) is 5.22 Å². The van der Waals surface area contributed by atoms with Gasteiger partial charge in [0.1, 0.15) is 0 Å². The van der Waals surface area contributed by atoms with Gasteiger partial charge in [-0.15, -0.1) is 10.2 Å². The normalized spacial score (nSPS) is 10.6. The molecule has 11 heteroatoms. The van der Waals surface area contributed by atoms with E-state index in [1.807, 2.05) is 6.07 Å². The van der Waals surface area contributed by atoms with E-state index in [4.69, 9.17) is 4.42 Å². The minimum Gasteiger partial charge on any atom is -0.411 e. The topological polar surface area (TPSA) is 111 Å². The SMILES string of the molecule is O=C(CSc1nnc(-c2cccc([N+](=O)[O-])c2)o1)Nc1ccc(Br)c(Br)c1. The van der Waals surface area contributed by atoms with Crippen LogP contribution in [0.2, 0.25) is 0 Å². The number of aromatic nitrogens is 2. The summed E-state index contributed by atoms with van der Waals surface area (Å²) in [6.45, 7) is 0. The zero-order valence-corrected chi connectivity index (χ0v) is 17.4. The van der Waals surface area contributed by atoms with Crippen LogP contribution in [0.4, 0.5) is 11.4 Å². The fourth-order valence-electron chi connectivity index (χ4n) is 2.04. The third kappa shape index (κ3) is 5.15. The fourth-order valence-corrected chi connectivity index (χ4v) is 3.22. The average Bonchev–Trinajstić information content (AvgIpc) is 3.12. The van der Waals surface area contributed by atoms with E-state index in [0.717, 1.165) is 20.7 Å². The Labute approximate surface area is 174 Å². The number of hydrogen-bond acceptors (Lipinski definition) is 7. The largest absolute Gasteiger partial charge is 0.411 e. The molecule has 0 aliphatic carbocycles. The van der Waals surface area contributed by atoms with Gasteiger partial charge in [0.2, 0.25) is 11.8 Å². The van der Waals surface area contributed by atoms with Crippen LogP contribution in [0.3, 0.4) is 0 Å². The molecule has 0 saturated heterocycles. The van der Waals surface area contributed by atoms with Crippen molar-refractivity contribution in [3.05, 3.63) is 61.5 Å². The van der Waals surface area contributed by atoms with Crippen LogP contribution in [0.15, 0.2) is 61.0 Å². The van der Waals surface area contributed by atoms with Gasteiger partial charge >= 0.3 is 0 Å². The molecule has 0 saturated carbocycles. The molecule has 0 atom stereocenters. The summed E-state index contributed by atoms with van der Waals surface area (Å²) >= 11 is 7.81. The van der Waals surface area contributed by atoms with Gasteiger partial charge in [0.05, 0.1) is 10.7 Å². The van der Waals surface area contributed by atoms with Gasteiger partial charge in [-0.3, -0.25) is 14.9 Å². The van der Waals surface area contributed by atoms with Crippen molar-refractivity contribution in [3.8, 4) is 11.5 Å². The Balaban J connectivity index is 1.60. The van der Waals surface area contributed by atoms with E-state index in [9.17, 15) is 14.9 Å². The quantitative estimate of drug-likeness (QED) is 0.283. The molecule has 1 aromatic heterocycles. The molecular weight excluding hydrogens is 504 g/mol. The molecular formula is C16H10Br2N4O4S. The number of thioether (sulfide) groups is 1. The molecule has 0 bridgehead atoms. The lowest BCUT2D eigenvalue weighted by Crippen LogP contribution is -2.13. The van der Waals surface area contributed by atoms with Crippen molar-refractivity contribution < 1.29 is 14.1 Å². The summed E-state index contributed by atoms with van der Waals surface area (Å²) in [6, 6.07) is 11.3. The highest BCUT2D eigenvalue weighted by Crippen LogP contribution is 2.27. The van der Waals surface area contributed by atoms with E-state index in [0.29, 0.717) is 11.3 Å². The molecule has 0 aliphatic heterocycles. The summed E-state index contributed by atoms with van der Waals surface area (Å²) in [5, 5.41) is 21.5. The number of anilines is 1. The van der Waals surface area contributed by atoms with E-state index < -0.39 is 4.92 Å². The van der Waals surface area contributed by atoms with Gasteiger partial charge in [-0.05, 0) is 56.1 Å². The summed E-state index contributed by atoms with van der Waals surface area (Å²) in [5.41, 5.74) is 1.02. The van der Waals surface area contributed by atoms with Gasteiger partial charge < -0.3 is 9.73 Å². The maximum absolute atomic E-state index is 12.1. The molecule has 0 fully saturated rings. The molecule has 1 N–H and O–H groups in total. The molecule has 0 unspecified atom stereocenters. The van der Waals surface area contributed by atoms with Crippen LogP contribution in [-0.2, 0) is 4.79 Å². The molecule has 27 heavy (non-hydrogen) atoms. The second-order valence-electron chi connectivity index (χ2n) is 5.15. The maximum atomic E-state index is 12.1. The molecule has 0 radical (unpaired) electrons. The lowest BCUT2D eigenvalue weighted by atomic mass is 10.2. The predicted octanol–water partition coefficient (Wildman–Crippen LogP) is 4.90. The highest BCUT2D eigenvalue weighted by atomic mass is 79.9. The predicted molar refractivity (Wildman–Crippen MR) is 108 cm³/mol. The van der Waals surface area contributed by atoms with Crippen LogP contribution in [0.25, 0.3) is 11.5 Å². The van der Waals surface area contributed by atoms with Gasteiger partial charge in [0.15, 0.2) is 0 Å². The standard InChI is InChI=1S/C16H10Br2N4O4S/c17-12-5-4-10(7-13(12)18)19-14(23)8-27-16-21-20-15(26-16)9-2-1-3-11(6-9)22(24)25/h1-7H,8H2,(H,19,23).